The Kier molecular flexibility index (Phi) is 6.64. The summed E-state index contributed by atoms with van der Waals surface area (Å²) in [5, 5.41) is 4.66. The van der Waals surface area contributed by atoms with Crippen LogP contribution in [0.15, 0.2) is 66.7 Å². The van der Waals surface area contributed by atoms with Gasteiger partial charge < -0.3 is 10.1 Å². The van der Waals surface area contributed by atoms with Gasteiger partial charge in [0.1, 0.15) is 5.75 Å². The molecule has 3 aromatic rings. The smallest absolute Gasteiger partial charge is 0.276 e. The minimum absolute atomic E-state index is 0.106. The van der Waals surface area contributed by atoms with Crippen molar-refractivity contribution >= 4 is 34.2 Å². The van der Waals surface area contributed by atoms with E-state index in [-0.39, 0.29) is 18.4 Å². The molecule has 3 aromatic carbocycles. The molecule has 154 valence electrons. The number of fused-ring (bicyclic) bond motifs is 1. The lowest BCUT2D eigenvalue weighted by molar-refractivity contribution is -0.123. The summed E-state index contributed by atoms with van der Waals surface area (Å²) in [5.74, 6) is -0.620. The average molecular weight is 405 g/mol. The van der Waals surface area contributed by atoms with E-state index >= 15 is 0 Å². The number of anilines is 1. The third kappa shape index (κ3) is 5.35. The quantitative estimate of drug-likeness (QED) is 0.549. The molecule has 0 aliphatic heterocycles. The van der Waals surface area contributed by atoms with Crippen LogP contribution in [0.25, 0.3) is 10.8 Å². The van der Waals surface area contributed by atoms with Crippen molar-refractivity contribution in [3.63, 3.8) is 0 Å². The molecule has 0 spiro atoms. The highest BCUT2D eigenvalue weighted by atomic mass is 16.5. The third-order valence-corrected chi connectivity index (χ3v) is 4.36. The standard InChI is InChI=1S/C23H23N3O4/c1-15(2)22(28)24-18-12-10-17(11-13-18)23(29)26-25-21(27)14-30-20-9-5-7-16-6-3-4-8-19(16)20/h3-13,15H,14H2,1-2H3,(H,24,28)(H,25,27)(H,26,29). The summed E-state index contributed by atoms with van der Waals surface area (Å²) in [5.41, 5.74) is 5.61. The van der Waals surface area contributed by atoms with Crippen LogP contribution < -0.4 is 20.9 Å². The van der Waals surface area contributed by atoms with Gasteiger partial charge in [0.05, 0.1) is 0 Å². The second-order valence-corrected chi connectivity index (χ2v) is 6.99. The summed E-state index contributed by atoms with van der Waals surface area (Å²) >= 11 is 0. The Morgan fingerprint density at radius 1 is 0.867 bits per heavy atom. The Labute approximate surface area is 174 Å². The van der Waals surface area contributed by atoms with Crippen LogP contribution in [-0.4, -0.2) is 24.3 Å². The fourth-order valence-corrected chi connectivity index (χ4v) is 2.69. The molecule has 0 atom stereocenters. The number of hydrogen-bond donors (Lipinski definition) is 3. The molecule has 3 N–H and O–H groups in total. The Hall–Kier alpha value is -3.87. The molecule has 0 heterocycles. The van der Waals surface area contributed by atoms with E-state index in [4.69, 9.17) is 4.74 Å². The van der Waals surface area contributed by atoms with Crippen LogP contribution in [0.4, 0.5) is 5.69 Å². The molecule has 0 bridgehead atoms. The van der Waals surface area contributed by atoms with Gasteiger partial charge in [-0.1, -0.05) is 50.2 Å². The second kappa shape index (κ2) is 9.56. The van der Waals surface area contributed by atoms with Crippen molar-refractivity contribution in [3.05, 3.63) is 72.3 Å². The zero-order chi connectivity index (χ0) is 21.5. The van der Waals surface area contributed by atoms with Crippen LogP contribution in [0, 0.1) is 5.92 Å². The van der Waals surface area contributed by atoms with Crippen LogP contribution in [0.5, 0.6) is 5.75 Å². The summed E-state index contributed by atoms with van der Waals surface area (Å²) in [4.78, 5) is 35.9. The van der Waals surface area contributed by atoms with E-state index in [9.17, 15) is 14.4 Å². The van der Waals surface area contributed by atoms with Crippen molar-refractivity contribution in [2.24, 2.45) is 5.92 Å². The molecule has 0 saturated heterocycles. The Balaban J connectivity index is 1.49. The zero-order valence-electron chi connectivity index (χ0n) is 16.8. The van der Waals surface area contributed by atoms with Gasteiger partial charge in [-0.25, -0.2) is 0 Å². The number of nitrogens with one attached hydrogen (secondary N) is 3. The van der Waals surface area contributed by atoms with Crippen molar-refractivity contribution < 1.29 is 19.1 Å². The van der Waals surface area contributed by atoms with Gasteiger partial charge in [0, 0.05) is 22.6 Å². The summed E-state index contributed by atoms with van der Waals surface area (Å²) in [6.07, 6.45) is 0. The highest BCUT2D eigenvalue weighted by Crippen LogP contribution is 2.24. The number of ether oxygens (including phenoxy) is 1. The molecule has 30 heavy (non-hydrogen) atoms. The lowest BCUT2D eigenvalue weighted by atomic mass is 10.1. The van der Waals surface area contributed by atoms with Gasteiger partial charge >= 0.3 is 0 Å². The van der Waals surface area contributed by atoms with E-state index in [2.05, 4.69) is 16.2 Å². The first-order valence-corrected chi connectivity index (χ1v) is 9.54. The fourth-order valence-electron chi connectivity index (χ4n) is 2.69. The number of carbonyl (C=O) groups is 3. The maximum Gasteiger partial charge on any atom is 0.276 e. The summed E-state index contributed by atoms with van der Waals surface area (Å²) in [6, 6.07) is 19.7. The number of amides is 3. The molecule has 0 aromatic heterocycles. The monoisotopic (exact) mass is 405 g/mol. The van der Waals surface area contributed by atoms with Crippen LogP contribution >= 0.6 is 0 Å². The molecule has 0 radical (unpaired) electrons. The predicted octanol–water partition coefficient (Wildman–Crippen LogP) is 3.27. The van der Waals surface area contributed by atoms with Gasteiger partial charge in [0.15, 0.2) is 6.61 Å². The van der Waals surface area contributed by atoms with Crippen molar-refractivity contribution in [2.75, 3.05) is 11.9 Å². The molecular weight excluding hydrogens is 382 g/mol. The van der Waals surface area contributed by atoms with Crippen molar-refractivity contribution in [1.29, 1.82) is 0 Å². The van der Waals surface area contributed by atoms with Crippen LogP contribution in [0.3, 0.4) is 0 Å². The van der Waals surface area contributed by atoms with Gasteiger partial charge in [0.25, 0.3) is 11.8 Å². The number of carbonyl (C=O) groups excluding carboxylic acids is 3. The lowest BCUT2D eigenvalue weighted by Gasteiger charge is -2.11. The van der Waals surface area contributed by atoms with E-state index in [1.54, 1.807) is 44.2 Å². The Morgan fingerprint density at radius 2 is 1.57 bits per heavy atom. The van der Waals surface area contributed by atoms with Gasteiger partial charge in [-0.15, -0.1) is 0 Å². The van der Waals surface area contributed by atoms with E-state index < -0.39 is 11.8 Å². The molecule has 0 unspecified atom stereocenters. The topological polar surface area (TPSA) is 96.5 Å². The molecule has 0 saturated carbocycles. The molecule has 0 aliphatic rings. The van der Waals surface area contributed by atoms with Crippen molar-refractivity contribution in [2.45, 2.75) is 13.8 Å². The molecule has 3 amide bonds. The second-order valence-electron chi connectivity index (χ2n) is 6.99. The molecule has 3 rings (SSSR count). The van der Waals surface area contributed by atoms with Crippen LogP contribution in [0.2, 0.25) is 0 Å². The SMILES string of the molecule is CC(C)C(=O)Nc1ccc(C(=O)NNC(=O)COc2cccc3ccccc23)cc1. The molecule has 7 nitrogen and oxygen atoms in total. The first-order chi connectivity index (χ1) is 14.4. The molecule has 7 heteroatoms. The van der Waals surface area contributed by atoms with E-state index in [0.29, 0.717) is 17.0 Å². The van der Waals surface area contributed by atoms with Gasteiger partial charge in [-0.05, 0) is 35.7 Å². The number of hydrazine groups is 1. The largest absolute Gasteiger partial charge is 0.483 e. The van der Waals surface area contributed by atoms with Gasteiger partial charge in [-0.2, -0.15) is 0 Å². The Morgan fingerprint density at radius 3 is 2.30 bits per heavy atom. The van der Waals surface area contributed by atoms with Crippen molar-refractivity contribution in [1.82, 2.24) is 10.9 Å². The van der Waals surface area contributed by atoms with Gasteiger partial charge in [0.2, 0.25) is 5.91 Å². The van der Waals surface area contributed by atoms with E-state index in [1.807, 2.05) is 36.4 Å². The van der Waals surface area contributed by atoms with Crippen LogP contribution in [-0.2, 0) is 9.59 Å². The highest BCUT2D eigenvalue weighted by molar-refractivity contribution is 5.97. The summed E-state index contributed by atoms with van der Waals surface area (Å²) < 4.78 is 5.59. The first kappa shape index (κ1) is 20.9. The number of benzene rings is 3. The van der Waals surface area contributed by atoms with Crippen LogP contribution in [0.1, 0.15) is 24.2 Å². The predicted molar refractivity (Wildman–Crippen MR) is 115 cm³/mol. The maximum absolute atomic E-state index is 12.2. The minimum Gasteiger partial charge on any atom is -0.483 e. The Bertz CT molecular complexity index is 1060. The average Bonchev–Trinajstić information content (AvgIpc) is 2.76. The minimum atomic E-state index is -0.489. The van der Waals surface area contributed by atoms with E-state index in [0.717, 1.165) is 10.8 Å². The van der Waals surface area contributed by atoms with Crippen molar-refractivity contribution in [3.8, 4) is 5.75 Å². The highest BCUT2D eigenvalue weighted by Gasteiger charge is 2.11. The number of rotatable bonds is 6. The molecule has 0 aliphatic carbocycles. The molecular formula is C23H23N3O4. The first-order valence-electron chi connectivity index (χ1n) is 9.54. The summed E-state index contributed by atoms with van der Waals surface area (Å²) in [6.45, 7) is 3.35. The fraction of sp³-hybridized carbons (Fsp3) is 0.174. The maximum atomic E-state index is 12.2. The normalized spacial score (nSPS) is 10.5. The lowest BCUT2D eigenvalue weighted by Crippen LogP contribution is -2.43. The van der Waals surface area contributed by atoms with E-state index in [1.165, 1.54) is 0 Å². The zero-order valence-corrected chi connectivity index (χ0v) is 16.8. The summed E-state index contributed by atoms with van der Waals surface area (Å²) in [7, 11) is 0. The van der Waals surface area contributed by atoms with Gasteiger partial charge in [-0.3, -0.25) is 25.2 Å². The molecule has 0 fully saturated rings. The number of hydrogen-bond acceptors (Lipinski definition) is 4. The third-order valence-electron chi connectivity index (χ3n) is 4.36.